The first-order valence-electron chi connectivity index (χ1n) is 4.99. The summed E-state index contributed by atoms with van der Waals surface area (Å²) in [6, 6.07) is 9.40. The van der Waals surface area contributed by atoms with Crippen molar-refractivity contribution in [1.82, 2.24) is 0 Å². The lowest BCUT2D eigenvalue weighted by molar-refractivity contribution is -0.130. The fourth-order valence-electron chi connectivity index (χ4n) is 1.26. The summed E-state index contributed by atoms with van der Waals surface area (Å²) < 4.78 is 5.09. The molecule has 0 bridgehead atoms. The second kappa shape index (κ2) is 4.99. The Morgan fingerprint density at radius 3 is 2.81 bits per heavy atom. The molecule has 1 aliphatic rings. The maximum atomic E-state index is 11.4. The minimum absolute atomic E-state index is 0.375. The molecule has 0 amide bonds. The van der Waals surface area contributed by atoms with E-state index in [9.17, 15) is 4.79 Å². The van der Waals surface area contributed by atoms with Gasteiger partial charge in [0.1, 0.15) is 0 Å². The van der Waals surface area contributed by atoms with Gasteiger partial charge in [-0.1, -0.05) is 25.1 Å². The minimum atomic E-state index is -0.375. The van der Waals surface area contributed by atoms with Crippen molar-refractivity contribution in [1.29, 1.82) is 0 Å². The van der Waals surface area contributed by atoms with Crippen molar-refractivity contribution < 1.29 is 9.53 Å². The van der Waals surface area contributed by atoms with Gasteiger partial charge in [0.25, 0.3) is 0 Å². The highest BCUT2D eigenvalue weighted by Gasteiger charge is 2.23. The molecule has 16 heavy (non-hydrogen) atoms. The van der Waals surface area contributed by atoms with Crippen LogP contribution in [0.15, 0.2) is 46.4 Å². The molecule has 1 aromatic carbocycles. The Morgan fingerprint density at radius 1 is 1.38 bits per heavy atom. The maximum Gasteiger partial charge on any atom is 0.364 e. The summed E-state index contributed by atoms with van der Waals surface area (Å²) in [7, 11) is 0. The van der Waals surface area contributed by atoms with E-state index >= 15 is 0 Å². The van der Waals surface area contributed by atoms with Gasteiger partial charge in [-0.15, -0.1) is 11.8 Å². The summed E-state index contributed by atoms with van der Waals surface area (Å²) in [5.74, 6) is 0.917. The molecule has 0 saturated heterocycles. The molecule has 82 valence electrons. The van der Waals surface area contributed by atoms with Crippen LogP contribution in [0.25, 0.3) is 0 Å². The van der Waals surface area contributed by atoms with Gasteiger partial charge in [-0.05, 0) is 17.9 Å². The molecule has 1 aliphatic heterocycles. The van der Waals surface area contributed by atoms with Gasteiger partial charge in [-0.3, -0.25) is 0 Å². The Bertz CT molecular complexity index is 451. The van der Waals surface area contributed by atoms with Crippen LogP contribution in [0, 0.1) is 0 Å². The van der Waals surface area contributed by atoms with Gasteiger partial charge in [-0.2, -0.15) is 0 Å². The van der Waals surface area contributed by atoms with Gasteiger partial charge in [0.15, 0.2) is 5.70 Å². The molecule has 4 heteroatoms. The number of carbonyl (C=O) groups excluding carboxylic acids is 1. The van der Waals surface area contributed by atoms with E-state index in [1.165, 1.54) is 11.8 Å². The van der Waals surface area contributed by atoms with Gasteiger partial charge in [0.05, 0.1) is 0 Å². The Hall–Kier alpha value is -1.55. The van der Waals surface area contributed by atoms with Crippen LogP contribution in [0.1, 0.15) is 12.5 Å². The normalized spacial score (nSPS) is 17.4. The van der Waals surface area contributed by atoms with E-state index in [1.54, 1.807) is 5.41 Å². The van der Waals surface area contributed by atoms with Crippen molar-refractivity contribution in [3.05, 3.63) is 47.0 Å². The van der Waals surface area contributed by atoms with E-state index in [0.717, 1.165) is 11.3 Å². The highest BCUT2D eigenvalue weighted by atomic mass is 32.2. The number of carbonyl (C=O) groups is 1. The summed E-state index contributed by atoms with van der Waals surface area (Å²) in [5, 5.41) is 1.73. The number of aliphatic imine (C=N–C) groups is 1. The highest BCUT2D eigenvalue weighted by Crippen LogP contribution is 2.18. The Balaban J connectivity index is 2.23. The molecule has 0 aliphatic carbocycles. The first kappa shape index (κ1) is 11.0. The van der Waals surface area contributed by atoms with E-state index in [0.29, 0.717) is 11.6 Å². The standard InChI is InChI=1S/C12H11NO2S/c1-2-16-8-10-12(14)15-11(13-10)9-6-4-3-5-7-9/h3-8H,2H2,1H3/b10-8+. The second-order valence-electron chi connectivity index (χ2n) is 3.13. The first-order valence-corrected chi connectivity index (χ1v) is 6.04. The van der Waals surface area contributed by atoms with Gasteiger partial charge < -0.3 is 4.74 Å². The zero-order valence-corrected chi connectivity index (χ0v) is 9.66. The second-order valence-corrected chi connectivity index (χ2v) is 4.28. The molecule has 1 heterocycles. The number of ether oxygens (including phenoxy) is 1. The Kier molecular flexibility index (Phi) is 3.41. The van der Waals surface area contributed by atoms with Crippen molar-refractivity contribution in [2.24, 2.45) is 4.99 Å². The monoisotopic (exact) mass is 233 g/mol. The van der Waals surface area contributed by atoms with Crippen LogP contribution in [0.4, 0.5) is 0 Å². The molecule has 0 N–H and O–H groups in total. The maximum absolute atomic E-state index is 11.4. The van der Waals surface area contributed by atoms with Gasteiger partial charge in [-0.25, -0.2) is 9.79 Å². The zero-order valence-electron chi connectivity index (χ0n) is 8.84. The lowest BCUT2D eigenvalue weighted by Crippen LogP contribution is -2.04. The fourth-order valence-corrected chi connectivity index (χ4v) is 1.73. The van der Waals surface area contributed by atoms with Gasteiger partial charge in [0, 0.05) is 11.0 Å². The molecule has 3 nitrogen and oxygen atoms in total. The fraction of sp³-hybridized carbons (Fsp3) is 0.167. The van der Waals surface area contributed by atoms with E-state index < -0.39 is 0 Å². The van der Waals surface area contributed by atoms with E-state index in [1.807, 2.05) is 37.3 Å². The lowest BCUT2D eigenvalue weighted by Gasteiger charge is -1.97. The number of hydrogen-bond donors (Lipinski definition) is 0. The number of nitrogens with zero attached hydrogens (tertiary/aromatic N) is 1. The molecule has 0 radical (unpaired) electrons. The Labute approximate surface area is 98.2 Å². The topological polar surface area (TPSA) is 38.7 Å². The summed E-state index contributed by atoms with van der Waals surface area (Å²) >= 11 is 1.54. The molecule has 1 aromatic rings. The number of thioether (sulfide) groups is 1. The quantitative estimate of drug-likeness (QED) is 0.595. The zero-order chi connectivity index (χ0) is 11.4. The number of benzene rings is 1. The van der Waals surface area contributed by atoms with Crippen molar-refractivity contribution in [2.75, 3.05) is 5.75 Å². The third-order valence-electron chi connectivity index (χ3n) is 2.00. The first-order chi connectivity index (χ1) is 7.81. The Morgan fingerprint density at radius 2 is 2.12 bits per heavy atom. The molecule has 2 rings (SSSR count). The molecule has 0 aromatic heterocycles. The number of esters is 1. The molecule has 0 saturated carbocycles. The smallest absolute Gasteiger partial charge is 0.364 e. The summed E-state index contributed by atoms with van der Waals surface area (Å²) in [4.78, 5) is 15.6. The molecule has 0 fully saturated rings. The number of rotatable bonds is 3. The third-order valence-corrected chi connectivity index (χ3v) is 2.73. The third kappa shape index (κ3) is 2.33. The van der Waals surface area contributed by atoms with Crippen LogP contribution in [0.5, 0.6) is 0 Å². The molecule has 0 unspecified atom stereocenters. The van der Waals surface area contributed by atoms with E-state index in [2.05, 4.69) is 4.99 Å². The molecule has 0 atom stereocenters. The van der Waals surface area contributed by atoms with Gasteiger partial charge in [0.2, 0.25) is 5.90 Å². The van der Waals surface area contributed by atoms with Crippen LogP contribution in [-0.4, -0.2) is 17.6 Å². The number of hydrogen-bond acceptors (Lipinski definition) is 4. The minimum Gasteiger partial charge on any atom is -0.402 e. The number of cyclic esters (lactones) is 1. The molecular weight excluding hydrogens is 222 g/mol. The van der Waals surface area contributed by atoms with Crippen LogP contribution in [0.2, 0.25) is 0 Å². The van der Waals surface area contributed by atoms with E-state index in [4.69, 9.17) is 4.74 Å². The molecule has 0 spiro atoms. The van der Waals surface area contributed by atoms with Gasteiger partial charge >= 0.3 is 5.97 Å². The van der Waals surface area contributed by atoms with Crippen molar-refractivity contribution >= 4 is 23.6 Å². The summed E-state index contributed by atoms with van der Waals surface area (Å²) in [5.41, 5.74) is 1.20. The van der Waals surface area contributed by atoms with Crippen molar-refractivity contribution in [3.8, 4) is 0 Å². The van der Waals surface area contributed by atoms with Crippen molar-refractivity contribution in [2.45, 2.75) is 6.92 Å². The molecular formula is C12H11NO2S. The average Bonchev–Trinajstić information content (AvgIpc) is 2.69. The summed E-state index contributed by atoms with van der Waals surface area (Å²) in [6.45, 7) is 2.02. The van der Waals surface area contributed by atoms with Crippen LogP contribution in [-0.2, 0) is 9.53 Å². The van der Waals surface area contributed by atoms with Crippen LogP contribution >= 0.6 is 11.8 Å². The predicted octanol–water partition coefficient (Wildman–Crippen LogP) is 2.58. The largest absolute Gasteiger partial charge is 0.402 e. The lowest BCUT2D eigenvalue weighted by atomic mass is 10.2. The predicted molar refractivity (Wildman–Crippen MR) is 65.3 cm³/mol. The van der Waals surface area contributed by atoms with Crippen LogP contribution < -0.4 is 0 Å². The van der Waals surface area contributed by atoms with Crippen LogP contribution in [0.3, 0.4) is 0 Å². The summed E-state index contributed by atoms with van der Waals surface area (Å²) in [6.07, 6.45) is 0. The van der Waals surface area contributed by atoms with Crippen molar-refractivity contribution in [3.63, 3.8) is 0 Å². The van der Waals surface area contributed by atoms with E-state index in [-0.39, 0.29) is 5.97 Å². The SMILES string of the molecule is CCS/C=C1/N=C(c2ccccc2)OC1=O. The average molecular weight is 233 g/mol. The highest BCUT2D eigenvalue weighted by molar-refractivity contribution is 8.02.